The maximum atomic E-state index is 10.6. The predicted molar refractivity (Wildman–Crippen MR) is 73.5 cm³/mol. The summed E-state index contributed by atoms with van der Waals surface area (Å²) in [5.41, 5.74) is 1.78. The molecule has 4 nitrogen and oxygen atoms in total. The van der Waals surface area contributed by atoms with Gasteiger partial charge in [0.15, 0.2) is 0 Å². The van der Waals surface area contributed by atoms with Gasteiger partial charge in [-0.2, -0.15) is 0 Å². The molecule has 0 saturated heterocycles. The minimum atomic E-state index is -0.444. The van der Waals surface area contributed by atoms with Crippen molar-refractivity contribution in [1.82, 2.24) is 0 Å². The molecule has 0 aliphatic carbocycles. The summed E-state index contributed by atoms with van der Waals surface area (Å²) in [6.07, 6.45) is 0. The van der Waals surface area contributed by atoms with E-state index in [4.69, 9.17) is 11.6 Å². The first-order chi connectivity index (χ1) is 9.11. The number of hydrogen-bond donors (Lipinski definition) is 1. The lowest BCUT2D eigenvalue weighted by atomic mass is 9.92. The number of aliphatic hydroxyl groups is 1. The van der Waals surface area contributed by atoms with Crippen molar-refractivity contribution < 1.29 is 10.0 Å². The monoisotopic (exact) mass is 277 g/mol. The number of hydrogen-bond acceptors (Lipinski definition) is 3. The van der Waals surface area contributed by atoms with Gasteiger partial charge in [0.2, 0.25) is 0 Å². The lowest BCUT2D eigenvalue weighted by molar-refractivity contribution is -0.384. The van der Waals surface area contributed by atoms with Crippen molar-refractivity contribution in [3.63, 3.8) is 0 Å². The van der Waals surface area contributed by atoms with E-state index in [-0.39, 0.29) is 18.2 Å². The lowest BCUT2D eigenvalue weighted by Gasteiger charge is -2.15. The summed E-state index contributed by atoms with van der Waals surface area (Å²) in [6.45, 7) is -0.0700. The van der Waals surface area contributed by atoms with Crippen LogP contribution in [-0.2, 0) is 0 Å². The van der Waals surface area contributed by atoms with Crippen LogP contribution in [0.2, 0.25) is 5.02 Å². The summed E-state index contributed by atoms with van der Waals surface area (Å²) in [5.74, 6) is -0.210. The fourth-order valence-electron chi connectivity index (χ4n) is 1.93. The van der Waals surface area contributed by atoms with E-state index >= 15 is 0 Å². The third kappa shape index (κ3) is 3.10. The van der Waals surface area contributed by atoms with E-state index in [1.54, 1.807) is 24.3 Å². The van der Waals surface area contributed by atoms with Crippen LogP contribution in [0.3, 0.4) is 0 Å². The smallest absolute Gasteiger partial charge is 0.269 e. The van der Waals surface area contributed by atoms with Crippen molar-refractivity contribution in [3.8, 4) is 0 Å². The SMILES string of the molecule is O=[N+]([O-])c1ccc(C(CO)c2ccc(Cl)cc2)cc1. The topological polar surface area (TPSA) is 63.4 Å². The van der Waals surface area contributed by atoms with Crippen molar-refractivity contribution >= 4 is 17.3 Å². The van der Waals surface area contributed by atoms with Crippen molar-refractivity contribution in [2.45, 2.75) is 5.92 Å². The van der Waals surface area contributed by atoms with E-state index in [2.05, 4.69) is 0 Å². The molecular formula is C14H12ClNO3. The average Bonchev–Trinajstić information content (AvgIpc) is 2.42. The maximum Gasteiger partial charge on any atom is 0.269 e. The molecule has 2 rings (SSSR count). The van der Waals surface area contributed by atoms with E-state index < -0.39 is 4.92 Å². The molecule has 0 saturated carbocycles. The first kappa shape index (κ1) is 13.5. The molecule has 0 heterocycles. The Morgan fingerprint density at radius 2 is 1.53 bits per heavy atom. The van der Waals surface area contributed by atoms with E-state index in [0.29, 0.717) is 5.02 Å². The molecule has 0 aromatic heterocycles. The number of aliphatic hydroxyl groups excluding tert-OH is 1. The highest BCUT2D eigenvalue weighted by atomic mass is 35.5. The Bertz CT molecular complexity index is 566. The molecule has 0 amide bonds. The molecule has 5 heteroatoms. The Morgan fingerprint density at radius 1 is 1.05 bits per heavy atom. The normalized spacial score (nSPS) is 12.1. The number of nitrogens with zero attached hydrogens (tertiary/aromatic N) is 1. The van der Waals surface area contributed by atoms with Gasteiger partial charge in [0.1, 0.15) is 0 Å². The number of benzene rings is 2. The highest BCUT2D eigenvalue weighted by Gasteiger charge is 2.14. The lowest BCUT2D eigenvalue weighted by Crippen LogP contribution is -2.06. The second kappa shape index (κ2) is 5.82. The van der Waals surface area contributed by atoms with Crippen LogP contribution in [0.15, 0.2) is 48.5 Å². The molecule has 0 aliphatic heterocycles. The van der Waals surface area contributed by atoms with Crippen LogP contribution in [0.25, 0.3) is 0 Å². The fourth-order valence-corrected chi connectivity index (χ4v) is 2.05. The number of nitro benzene ring substituents is 1. The summed E-state index contributed by atoms with van der Waals surface area (Å²) >= 11 is 5.82. The zero-order valence-electron chi connectivity index (χ0n) is 9.99. The summed E-state index contributed by atoms with van der Waals surface area (Å²) in [4.78, 5) is 10.2. The molecule has 0 aliphatic rings. The molecule has 98 valence electrons. The molecule has 0 radical (unpaired) electrons. The van der Waals surface area contributed by atoms with Crippen LogP contribution in [0.4, 0.5) is 5.69 Å². The van der Waals surface area contributed by atoms with Gasteiger partial charge in [-0.1, -0.05) is 35.9 Å². The zero-order chi connectivity index (χ0) is 13.8. The molecule has 2 aromatic rings. The second-order valence-corrected chi connectivity index (χ2v) is 4.57. The quantitative estimate of drug-likeness (QED) is 0.688. The number of halogens is 1. The van der Waals surface area contributed by atoms with Gasteiger partial charge in [0.05, 0.1) is 11.5 Å². The third-order valence-corrected chi connectivity index (χ3v) is 3.21. The molecular weight excluding hydrogens is 266 g/mol. The summed E-state index contributed by atoms with van der Waals surface area (Å²) in [6, 6.07) is 13.4. The van der Waals surface area contributed by atoms with Crippen LogP contribution in [-0.4, -0.2) is 16.6 Å². The molecule has 1 unspecified atom stereocenters. The Morgan fingerprint density at radius 3 is 1.95 bits per heavy atom. The largest absolute Gasteiger partial charge is 0.395 e. The highest BCUT2D eigenvalue weighted by Crippen LogP contribution is 2.26. The Balaban J connectivity index is 2.31. The number of non-ortho nitro benzene ring substituents is 1. The molecule has 0 fully saturated rings. The number of nitro groups is 1. The van der Waals surface area contributed by atoms with Crippen LogP contribution in [0.5, 0.6) is 0 Å². The minimum absolute atomic E-state index is 0.0385. The van der Waals surface area contributed by atoms with Crippen LogP contribution in [0, 0.1) is 10.1 Å². The van der Waals surface area contributed by atoms with Gasteiger partial charge in [-0.05, 0) is 23.3 Å². The van der Waals surface area contributed by atoms with Crippen molar-refractivity contribution in [3.05, 3.63) is 74.8 Å². The molecule has 2 aromatic carbocycles. The van der Waals surface area contributed by atoms with Crippen LogP contribution < -0.4 is 0 Å². The maximum absolute atomic E-state index is 10.6. The average molecular weight is 278 g/mol. The van der Waals surface area contributed by atoms with Gasteiger partial charge >= 0.3 is 0 Å². The van der Waals surface area contributed by atoms with Crippen LogP contribution in [0.1, 0.15) is 17.0 Å². The first-order valence-electron chi connectivity index (χ1n) is 5.72. The van der Waals surface area contributed by atoms with E-state index in [0.717, 1.165) is 11.1 Å². The van der Waals surface area contributed by atoms with E-state index in [1.165, 1.54) is 12.1 Å². The fraction of sp³-hybridized carbons (Fsp3) is 0.143. The minimum Gasteiger partial charge on any atom is -0.395 e. The van der Waals surface area contributed by atoms with E-state index in [9.17, 15) is 15.2 Å². The zero-order valence-corrected chi connectivity index (χ0v) is 10.7. The van der Waals surface area contributed by atoms with E-state index in [1.807, 2.05) is 12.1 Å². The summed E-state index contributed by atoms with van der Waals surface area (Å²) in [5, 5.41) is 20.7. The van der Waals surface area contributed by atoms with Gasteiger partial charge in [0, 0.05) is 23.1 Å². The standard InChI is InChI=1S/C14H12ClNO3/c15-12-5-1-10(2-6-12)14(9-17)11-3-7-13(8-4-11)16(18)19/h1-8,14,17H,9H2. The van der Waals surface area contributed by atoms with Gasteiger partial charge in [-0.3, -0.25) is 10.1 Å². The Kier molecular flexibility index (Phi) is 4.14. The van der Waals surface area contributed by atoms with Crippen molar-refractivity contribution in [1.29, 1.82) is 0 Å². The summed E-state index contributed by atoms with van der Waals surface area (Å²) in [7, 11) is 0. The van der Waals surface area contributed by atoms with Gasteiger partial charge in [-0.15, -0.1) is 0 Å². The van der Waals surface area contributed by atoms with Crippen molar-refractivity contribution in [2.24, 2.45) is 0 Å². The van der Waals surface area contributed by atoms with Gasteiger partial charge in [0.25, 0.3) is 5.69 Å². The molecule has 1 atom stereocenters. The van der Waals surface area contributed by atoms with Gasteiger partial charge < -0.3 is 5.11 Å². The molecule has 0 spiro atoms. The molecule has 19 heavy (non-hydrogen) atoms. The Labute approximate surface area is 115 Å². The van der Waals surface area contributed by atoms with Gasteiger partial charge in [-0.25, -0.2) is 0 Å². The highest BCUT2D eigenvalue weighted by molar-refractivity contribution is 6.30. The summed E-state index contributed by atoms with van der Waals surface area (Å²) < 4.78 is 0. The number of rotatable bonds is 4. The Hall–Kier alpha value is -1.91. The molecule has 1 N–H and O–H groups in total. The van der Waals surface area contributed by atoms with Crippen molar-refractivity contribution in [2.75, 3.05) is 6.61 Å². The second-order valence-electron chi connectivity index (χ2n) is 4.14. The molecule has 0 bridgehead atoms. The first-order valence-corrected chi connectivity index (χ1v) is 6.10. The van der Waals surface area contributed by atoms with Crippen LogP contribution >= 0.6 is 11.6 Å². The third-order valence-electron chi connectivity index (χ3n) is 2.96. The predicted octanol–water partition coefficient (Wildman–Crippen LogP) is 3.37.